The number of primary amides is 1. The monoisotopic (exact) mass is 503 g/mol. The molecule has 0 saturated carbocycles. The molecule has 0 fully saturated rings. The molecular weight excluding hydrogens is 474 g/mol. The lowest BCUT2D eigenvalue weighted by molar-refractivity contribution is -0.118. The molecular formula is C27H29N5O5. The maximum absolute atomic E-state index is 12.4. The molecule has 37 heavy (non-hydrogen) atoms. The zero-order valence-corrected chi connectivity index (χ0v) is 21.2. The quantitative estimate of drug-likeness (QED) is 0.306. The summed E-state index contributed by atoms with van der Waals surface area (Å²) in [6.45, 7) is 0.823. The van der Waals surface area contributed by atoms with Crippen LogP contribution in [0, 0.1) is 0 Å². The fraction of sp³-hybridized carbons (Fsp3) is 0.259. The summed E-state index contributed by atoms with van der Waals surface area (Å²) in [4.78, 5) is 27.5. The normalized spacial score (nSPS) is 11.7. The van der Waals surface area contributed by atoms with Gasteiger partial charge in [0.1, 0.15) is 30.4 Å². The van der Waals surface area contributed by atoms with Crippen LogP contribution in [0.3, 0.4) is 0 Å². The van der Waals surface area contributed by atoms with E-state index >= 15 is 0 Å². The van der Waals surface area contributed by atoms with Crippen LogP contribution in [0.25, 0.3) is 10.9 Å². The molecule has 10 heteroatoms. The number of carbonyl (C=O) groups excluding carboxylic acids is 1. The first kappa shape index (κ1) is 25.6. The Morgan fingerprint density at radius 3 is 2.46 bits per heavy atom. The number of nitrogens with zero attached hydrogens (tertiary/aromatic N) is 4. The third-order valence-electron chi connectivity index (χ3n) is 5.65. The summed E-state index contributed by atoms with van der Waals surface area (Å²) < 4.78 is 22.4. The molecule has 1 atom stereocenters. The van der Waals surface area contributed by atoms with Crippen molar-refractivity contribution in [1.29, 1.82) is 0 Å². The maximum Gasteiger partial charge on any atom is 0.231 e. The van der Waals surface area contributed by atoms with E-state index in [1.54, 1.807) is 56.7 Å². The Bertz CT molecular complexity index is 1380. The van der Waals surface area contributed by atoms with Crippen LogP contribution in [0.4, 0.5) is 5.82 Å². The van der Waals surface area contributed by atoms with Crippen molar-refractivity contribution in [2.45, 2.75) is 5.92 Å². The van der Waals surface area contributed by atoms with Crippen LogP contribution >= 0.6 is 0 Å². The number of carbonyl (C=O) groups is 1. The third kappa shape index (κ3) is 5.87. The number of amides is 1. The minimum atomic E-state index is -0.699. The van der Waals surface area contributed by atoms with Gasteiger partial charge in [0.2, 0.25) is 11.8 Å². The number of hydrogen-bond donors (Lipinski definition) is 1. The summed E-state index contributed by atoms with van der Waals surface area (Å²) in [6.07, 6.45) is 1.42. The number of anilines is 1. The molecule has 4 aromatic rings. The Balaban J connectivity index is 1.60. The Morgan fingerprint density at radius 2 is 1.78 bits per heavy atom. The predicted octanol–water partition coefficient (Wildman–Crippen LogP) is 3.53. The average Bonchev–Trinajstić information content (AvgIpc) is 2.89. The molecule has 2 N–H and O–H groups in total. The molecule has 192 valence electrons. The zero-order chi connectivity index (χ0) is 26.4. The number of hydrogen-bond acceptors (Lipinski definition) is 9. The molecule has 0 saturated heterocycles. The largest absolute Gasteiger partial charge is 0.493 e. The van der Waals surface area contributed by atoms with Crippen LogP contribution < -0.4 is 24.8 Å². The van der Waals surface area contributed by atoms with E-state index in [9.17, 15) is 4.79 Å². The Hall–Kier alpha value is -4.44. The highest BCUT2D eigenvalue weighted by Gasteiger charge is 2.22. The fourth-order valence-electron chi connectivity index (χ4n) is 3.80. The highest BCUT2D eigenvalue weighted by Crippen LogP contribution is 2.36. The van der Waals surface area contributed by atoms with Crippen LogP contribution in [0.1, 0.15) is 17.2 Å². The molecule has 4 rings (SSSR count). The van der Waals surface area contributed by atoms with Gasteiger partial charge in [-0.2, -0.15) is 0 Å². The van der Waals surface area contributed by atoms with E-state index in [4.69, 9.17) is 24.7 Å². The smallest absolute Gasteiger partial charge is 0.231 e. The van der Waals surface area contributed by atoms with Crippen molar-refractivity contribution in [1.82, 2.24) is 15.0 Å². The number of fused-ring (bicyclic) bond motifs is 1. The van der Waals surface area contributed by atoms with Gasteiger partial charge in [0.25, 0.3) is 0 Å². The molecule has 1 unspecified atom stereocenters. The molecule has 10 nitrogen and oxygen atoms in total. The van der Waals surface area contributed by atoms with Gasteiger partial charge in [-0.05, 0) is 35.9 Å². The lowest BCUT2D eigenvalue weighted by Gasteiger charge is -2.17. The number of rotatable bonds is 11. The molecule has 2 aromatic carbocycles. The first-order valence-corrected chi connectivity index (χ1v) is 11.6. The number of aromatic nitrogens is 3. The van der Waals surface area contributed by atoms with Crippen LogP contribution in [0.15, 0.2) is 60.9 Å². The average molecular weight is 504 g/mol. The molecule has 0 aliphatic carbocycles. The number of nitrogens with two attached hydrogens (primary N) is 1. The molecule has 2 heterocycles. The highest BCUT2D eigenvalue weighted by molar-refractivity contribution is 5.87. The van der Waals surface area contributed by atoms with Crippen molar-refractivity contribution in [2.24, 2.45) is 5.73 Å². The summed E-state index contributed by atoms with van der Waals surface area (Å²) in [5.74, 6) is 1.50. The highest BCUT2D eigenvalue weighted by atomic mass is 16.5. The van der Waals surface area contributed by atoms with Gasteiger partial charge in [-0.1, -0.05) is 18.2 Å². The van der Waals surface area contributed by atoms with Crippen LogP contribution in [0.2, 0.25) is 0 Å². The Labute approximate surface area is 215 Å². The van der Waals surface area contributed by atoms with E-state index in [0.717, 1.165) is 5.82 Å². The topological polar surface area (TPSA) is 122 Å². The minimum Gasteiger partial charge on any atom is -0.493 e. The van der Waals surface area contributed by atoms with E-state index in [1.165, 1.54) is 6.33 Å². The summed E-state index contributed by atoms with van der Waals surface area (Å²) in [7, 11) is 6.95. The Kier molecular flexibility index (Phi) is 7.99. The van der Waals surface area contributed by atoms with Crippen molar-refractivity contribution in [3.63, 3.8) is 0 Å². The van der Waals surface area contributed by atoms with Gasteiger partial charge in [-0.3, -0.25) is 4.79 Å². The van der Waals surface area contributed by atoms with Gasteiger partial charge in [0, 0.05) is 27.3 Å². The van der Waals surface area contributed by atoms with Gasteiger partial charge >= 0.3 is 0 Å². The molecule has 0 radical (unpaired) electrons. The standard InChI is InChI=1S/C27H29N5O5/c1-32(2)24-7-5-6-20(31-24)25(26(28)33)17-8-10-18(11-9-17)37-27-19-14-22(35-4)23(36-13-12-34-3)15-21(19)29-16-30-27/h5-11,14-16,25H,12-13H2,1-4H3,(H2,28,33). The third-order valence-corrected chi connectivity index (χ3v) is 5.65. The number of ether oxygens (including phenoxy) is 4. The van der Waals surface area contributed by atoms with Crippen LogP contribution in [-0.4, -0.2) is 62.4 Å². The van der Waals surface area contributed by atoms with Crippen molar-refractivity contribution in [2.75, 3.05) is 46.4 Å². The van der Waals surface area contributed by atoms with Crippen LogP contribution in [-0.2, 0) is 9.53 Å². The van der Waals surface area contributed by atoms with E-state index in [2.05, 4.69) is 15.0 Å². The first-order chi connectivity index (χ1) is 17.9. The van der Waals surface area contributed by atoms with Gasteiger partial charge in [0.15, 0.2) is 11.5 Å². The zero-order valence-electron chi connectivity index (χ0n) is 21.2. The number of pyridine rings is 1. The minimum absolute atomic E-state index is 0.353. The Morgan fingerprint density at radius 1 is 1.00 bits per heavy atom. The molecule has 0 aliphatic rings. The summed E-state index contributed by atoms with van der Waals surface area (Å²) >= 11 is 0. The van der Waals surface area contributed by atoms with Crippen molar-refractivity contribution < 1.29 is 23.7 Å². The lowest BCUT2D eigenvalue weighted by Crippen LogP contribution is -2.24. The van der Waals surface area contributed by atoms with Crippen molar-refractivity contribution >= 4 is 22.6 Å². The number of methoxy groups -OCH3 is 2. The fourth-order valence-corrected chi connectivity index (χ4v) is 3.80. The van der Waals surface area contributed by atoms with E-state index in [-0.39, 0.29) is 0 Å². The molecule has 0 spiro atoms. The van der Waals surface area contributed by atoms with Gasteiger partial charge < -0.3 is 29.6 Å². The summed E-state index contributed by atoms with van der Waals surface area (Å²) in [5, 5.41) is 0.655. The molecule has 0 aliphatic heterocycles. The van der Waals surface area contributed by atoms with E-state index in [1.807, 2.05) is 31.1 Å². The molecule has 0 bridgehead atoms. The van der Waals surface area contributed by atoms with Crippen molar-refractivity contribution in [3.8, 4) is 23.1 Å². The second kappa shape index (κ2) is 11.5. The van der Waals surface area contributed by atoms with E-state index in [0.29, 0.717) is 58.5 Å². The van der Waals surface area contributed by atoms with Gasteiger partial charge in [0.05, 0.1) is 30.3 Å². The summed E-state index contributed by atoms with van der Waals surface area (Å²) in [5.41, 5.74) is 7.67. The second-order valence-electron chi connectivity index (χ2n) is 8.36. The van der Waals surface area contributed by atoms with Crippen molar-refractivity contribution in [3.05, 3.63) is 72.2 Å². The number of benzene rings is 2. The molecule has 2 aromatic heterocycles. The lowest BCUT2D eigenvalue weighted by atomic mass is 9.94. The van der Waals surface area contributed by atoms with Crippen LogP contribution in [0.5, 0.6) is 23.1 Å². The maximum atomic E-state index is 12.4. The van der Waals surface area contributed by atoms with Gasteiger partial charge in [-0.25, -0.2) is 15.0 Å². The van der Waals surface area contributed by atoms with E-state index < -0.39 is 11.8 Å². The molecule has 1 amide bonds. The van der Waals surface area contributed by atoms with Gasteiger partial charge in [-0.15, -0.1) is 0 Å². The second-order valence-corrected chi connectivity index (χ2v) is 8.36. The first-order valence-electron chi connectivity index (χ1n) is 11.6. The summed E-state index contributed by atoms with van der Waals surface area (Å²) in [6, 6.07) is 16.2. The SMILES string of the molecule is COCCOc1cc2ncnc(Oc3ccc(C(C(N)=O)c4cccc(N(C)C)n4)cc3)c2cc1OC. The predicted molar refractivity (Wildman–Crippen MR) is 140 cm³/mol.